The first-order chi connectivity index (χ1) is 6.58. The third-order valence-electron chi connectivity index (χ3n) is 3.90. The lowest BCUT2D eigenvalue weighted by molar-refractivity contribution is -0.157. The maximum atomic E-state index is 9.81. The smallest absolute Gasteiger partial charge is 0.0631 e. The quantitative estimate of drug-likeness (QED) is 0.695. The zero-order valence-corrected chi connectivity index (χ0v) is 8.96. The Morgan fingerprint density at radius 1 is 1.50 bits per heavy atom. The van der Waals surface area contributed by atoms with Gasteiger partial charge in [-0.05, 0) is 50.5 Å². The van der Waals surface area contributed by atoms with Gasteiger partial charge in [-0.2, -0.15) is 0 Å². The molecule has 1 saturated carbocycles. The topological polar surface area (TPSA) is 55.5 Å². The van der Waals surface area contributed by atoms with Crippen molar-refractivity contribution in [2.24, 2.45) is 17.1 Å². The second-order valence-electron chi connectivity index (χ2n) is 5.33. The van der Waals surface area contributed by atoms with Crippen molar-refractivity contribution in [3.8, 4) is 0 Å². The summed E-state index contributed by atoms with van der Waals surface area (Å²) in [6, 6.07) is 0. The number of nitrogens with two attached hydrogens (primary N) is 1. The summed E-state index contributed by atoms with van der Waals surface area (Å²) in [5.74, 6) is 0.571. The molecule has 1 aliphatic heterocycles. The lowest BCUT2D eigenvalue weighted by Crippen LogP contribution is -2.58. The highest BCUT2D eigenvalue weighted by Crippen LogP contribution is 2.54. The van der Waals surface area contributed by atoms with Gasteiger partial charge in [0.2, 0.25) is 0 Å². The minimum absolute atomic E-state index is 0.171. The Balaban J connectivity index is 1.99. The van der Waals surface area contributed by atoms with Crippen molar-refractivity contribution < 1.29 is 9.84 Å². The third kappa shape index (κ3) is 1.69. The molecule has 2 fully saturated rings. The Hall–Kier alpha value is -0.120. The average molecular weight is 199 g/mol. The van der Waals surface area contributed by atoms with Crippen LogP contribution in [0.4, 0.5) is 0 Å². The first kappa shape index (κ1) is 10.4. The minimum atomic E-state index is -0.475. The molecule has 2 aliphatic rings. The molecule has 3 N–H and O–H groups in total. The summed E-state index contributed by atoms with van der Waals surface area (Å²) in [5.41, 5.74) is 5.55. The highest BCUT2D eigenvalue weighted by Gasteiger charge is 2.54. The first-order valence-corrected chi connectivity index (χ1v) is 5.58. The van der Waals surface area contributed by atoms with E-state index in [1.54, 1.807) is 0 Å². The van der Waals surface area contributed by atoms with Crippen LogP contribution < -0.4 is 5.73 Å². The molecule has 2 rings (SSSR count). The fourth-order valence-electron chi connectivity index (χ4n) is 3.29. The van der Waals surface area contributed by atoms with Crippen LogP contribution in [0.15, 0.2) is 0 Å². The predicted molar refractivity (Wildman–Crippen MR) is 54.9 cm³/mol. The molecule has 0 amide bonds. The van der Waals surface area contributed by atoms with Crippen molar-refractivity contribution in [1.82, 2.24) is 0 Å². The molecule has 0 bridgehead atoms. The molecule has 14 heavy (non-hydrogen) atoms. The first-order valence-electron chi connectivity index (χ1n) is 5.58. The summed E-state index contributed by atoms with van der Waals surface area (Å²) < 4.78 is 5.50. The molecule has 3 heteroatoms. The van der Waals surface area contributed by atoms with Gasteiger partial charge in [0.25, 0.3) is 0 Å². The predicted octanol–water partition coefficient (Wildman–Crippen LogP) is 0.903. The zero-order valence-electron chi connectivity index (χ0n) is 8.96. The van der Waals surface area contributed by atoms with Crippen LogP contribution in [0.2, 0.25) is 0 Å². The zero-order chi connectivity index (χ0) is 10.2. The minimum Gasteiger partial charge on any atom is -0.390 e. The fraction of sp³-hybridized carbons (Fsp3) is 1.00. The van der Waals surface area contributed by atoms with Crippen molar-refractivity contribution in [2.45, 2.75) is 38.2 Å². The molecule has 0 aromatic carbocycles. The summed E-state index contributed by atoms with van der Waals surface area (Å²) in [6.45, 7) is 4.34. The van der Waals surface area contributed by atoms with E-state index in [1.165, 1.54) is 6.42 Å². The van der Waals surface area contributed by atoms with Crippen LogP contribution in [0.1, 0.15) is 32.6 Å². The molecule has 1 saturated heterocycles. The number of hydrogen-bond donors (Lipinski definition) is 2. The van der Waals surface area contributed by atoms with E-state index in [-0.39, 0.29) is 5.41 Å². The van der Waals surface area contributed by atoms with Crippen LogP contribution in [0.5, 0.6) is 0 Å². The monoisotopic (exact) mass is 199 g/mol. The Morgan fingerprint density at radius 2 is 2.21 bits per heavy atom. The molecule has 3 nitrogen and oxygen atoms in total. The lowest BCUT2D eigenvalue weighted by Gasteiger charge is -2.56. The van der Waals surface area contributed by atoms with Gasteiger partial charge in [-0.15, -0.1) is 0 Å². The van der Waals surface area contributed by atoms with Gasteiger partial charge in [0, 0.05) is 13.2 Å². The van der Waals surface area contributed by atoms with Crippen molar-refractivity contribution in [1.29, 1.82) is 0 Å². The number of hydrogen-bond acceptors (Lipinski definition) is 3. The van der Waals surface area contributed by atoms with Crippen molar-refractivity contribution in [2.75, 3.05) is 19.8 Å². The van der Waals surface area contributed by atoms with Gasteiger partial charge in [-0.1, -0.05) is 0 Å². The molecule has 0 aromatic heterocycles. The number of aliphatic hydroxyl groups is 1. The van der Waals surface area contributed by atoms with E-state index in [1.807, 2.05) is 6.92 Å². The van der Waals surface area contributed by atoms with E-state index < -0.39 is 5.60 Å². The van der Waals surface area contributed by atoms with Gasteiger partial charge in [-0.25, -0.2) is 0 Å². The van der Waals surface area contributed by atoms with Crippen LogP contribution in [-0.2, 0) is 4.74 Å². The van der Waals surface area contributed by atoms with Crippen LogP contribution in [0, 0.1) is 11.3 Å². The third-order valence-corrected chi connectivity index (χ3v) is 3.90. The molecule has 82 valence electrons. The van der Waals surface area contributed by atoms with Gasteiger partial charge in [0.1, 0.15) is 0 Å². The summed E-state index contributed by atoms with van der Waals surface area (Å²) in [4.78, 5) is 0. The Labute approximate surface area is 85.6 Å². The van der Waals surface area contributed by atoms with Gasteiger partial charge >= 0.3 is 0 Å². The van der Waals surface area contributed by atoms with Gasteiger partial charge in [-0.3, -0.25) is 0 Å². The van der Waals surface area contributed by atoms with Crippen LogP contribution in [0.25, 0.3) is 0 Å². The highest BCUT2D eigenvalue weighted by molar-refractivity contribution is 5.05. The van der Waals surface area contributed by atoms with Crippen molar-refractivity contribution >= 4 is 0 Å². The summed E-state index contributed by atoms with van der Waals surface area (Å²) in [5, 5.41) is 9.81. The van der Waals surface area contributed by atoms with Crippen molar-refractivity contribution in [3.05, 3.63) is 0 Å². The average Bonchev–Trinajstić information content (AvgIpc) is 2.15. The normalized spacial score (nSPS) is 48.6. The second-order valence-corrected chi connectivity index (χ2v) is 5.33. The largest absolute Gasteiger partial charge is 0.390 e. The molecule has 1 unspecified atom stereocenters. The Bertz CT molecular complexity index is 201. The van der Waals surface area contributed by atoms with Crippen molar-refractivity contribution in [3.63, 3.8) is 0 Å². The van der Waals surface area contributed by atoms with Crippen LogP contribution >= 0.6 is 0 Å². The lowest BCUT2D eigenvalue weighted by atomic mass is 9.53. The van der Waals surface area contributed by atoms with Gasteiger partial charge in [0.15, 0.2) is 0 Å². The molecule has 0 radical (unpaired) electrons. The standard InChI is InChI=1S/C11H21NO2/c1-10(13)6-11(7-10,8-12)9-3-2-4-14-5-9/h9,13H,2-8,12H2,1H3. The van der Waals surface area contributed by atoms with E-state index in [4.69, 9.17) is 10.5 Å². The Morgan fingerprint density at radius 3 is 2.64 bits per heavy atom. The van der Waals surface area contributed by atoms with Crippen LogP contribution in [-0.4, -0.2) is 30.5 Å². The summed E-state index contributed by atoms with van der Waals surface area (Å²) in [6.07, 6.45) is 4.07. The molecular formula is C11H21NO2. The number of ether oxygens (including phenoxy) is 1. The van der Waals surface area contributed by atoms with Gasteiger partial charge < -0.3 is 15.6 Å². The Kier molecular flexibility index (Phi) is 2.58. The van der Waals surface area contributed by atoms with E-state index >= 15 is 0 Å². The second kappa shape index (κ2) is 3.47. The molecule has 1 atom stereocenters. The maximum absolute atomic E-state index is 9.81. The number of rotatable bonds is 2. The van der Waals surface area contributed by atoms with Crippen LogP contribution in [0.3, 0.4) is 0 Å². The maximum Gasteiger partial charge on any atom is 0.0631 e. The summed E-state index contributed by atoms with van der Waals surface area (Å²) in [7, 11) is 0. The molecular weight excluding hydrogens is 178 g/mol. The molecule has 1 aliphatic carbocycles. The fourth-order valence-corrected chi connectivity index (χ4v) is 3.29. The van der Waals surface area contributed by atoms with E-state index in [2.05, 4.69) is 0 Å². The molecule has 1 heterocycles. The van der Waals surface area contributed by atoms with Gasteiger partial charge in [0.05, 0.1) is 5.60 Å². The summed E-state index contributed by atoms with van der Waals surface area (Å²) >= 11 is 0. The van der Waals surface area contributed by atoms with E-state index in [0.29, 0.717) is 12.5 Å². The molecule has 0 aromatic rings. The highest BCUT2D eigenvalue weighted by atomic mass is 16.5. The molecule has 0 spiro atoms. The van der Waals surface area contributed by atoms with E-state index in [9.17, 15) is 5.11 Å². The SMILES string of the molecule is CC1(O)CC(CN)(C2CCCOC2)C1. The van der Waals surface area contributed by atoms with E-state index in [0.717, 1.165) is 32.5 Å².